The summed E-state index contributed by atoms with van der Waals surface area (Å²) in [5.74, 6) is 0.996. The van der Waals surface area contributed by atoms with Gasteiger partial charge in [-0.3, -0.25) is 4.79 Å². The van der Waals surface area contributed by atoms with Gasteiger partial charge < -0.3 is 14.2 Å². The SMILES string of the molecule is CCC(=O)OCc1cccc(OC)c1OCc1ccccc1. The first-order chi connectivity index (χ1) is 10.7. The molecule has 0 amide bonds. The van der Waals surface area contributed by atoms with E-state index in [1.165, 1.54) is 0 Å². The molecule has 0 aliphatic heterocycles. The normalized spacial score (nSPS) is 10.1. The molecule has 4 nitrogen and oxygen atoms in total. The van der Waals surface area contributed by atoms with E-state index < -0.39 is 0 Å². The van der Waals surface area contributed by atoms with Gasteiger partial charge in [0.05, 0.1) is 7.11 Å². The van der Waals surface area contributed by atoms with Gasteiger partial charge in [0.15, 0.2) is 11.5 Å². The van der Waals surface area contributed by atoms with Gasteiger partial charge >= 0.3 is 5.97 Å². The Hall–Kier alpha value is -2.49. The molecule has 0 saturated heterocycles. The van der Waals surface area contributed by atoms with Crippen LogP contribution in [0.15, 0.2) is 48.5 Å². The van der Waals surface area contributed by atoms with E-state index >= 15 is 0 Å². The Balaban J connectivity index is 2.14. The molecule has 0 fully saturated rings. The Labute approximate surface area is 130 Å². The molecule has 0 heterocycles. The predicted molar refractivity (Wildman–Crippen MR) is 83.9 cm³/mol. The minimum atomic E-state index is -0.239. The molecule has 0 spiro atoms. The summed E-state index contributed by atoms with van der Waals surface area (Å²) in [7, 11) is 1.59. The van der Waals surface area contributed by atoms with Gasteiger partial charge in [-0.1, -0.05) is 49.4 Å². The Morgan fingerprint density at radius 2 is 1.77 bits per heavy atom. The number of esters is 1. The van der Waals surface area contributed by atoms with Gasteiger partial charge in [0.25, 0.3) is 0 Å². The minimum absolute atomic E-state index is 0.175. The van der Waals surface area contributed by atoms with Crippen LogP contribution in [0, 0.1) is 0 Å². The maximum atomic E-state index is 11.3. The molecular formula is C18H20O4. The Morgan fingerprint density at radius 3 is 2.45 bits per heavy atom. The highest BCUT2D eigenvalue weighted by Crippen LogP contribution is 2.32. The van der Waals surface area contributed by atoms with Gasteiger partial charge in [0, 0.05) is 12.0 Å². The van der Waals surface area contributed by atoms with E-state index in [0.717, 1.165) is 11.1 Å². The topological polar surface area (TPSA) is 44.8 Å². The average molecular weight is 300 g/mol. The molecular weight excluding hydrogens is 280 g/mol. The third-order valence-electron chi connectivity index (χ3n) is 3.18. The van der Waals surface area contributed by atoms with Crippen molar-refractivity contribution in [2.75, 3.05) is 7.11 Å². The first-order valence-electron chi connectivity index (χ1n) is 7.22. The number of methoxy groups -OCH3 is 1. The average Bonchev–Trinajstić information content (AvgIpc) is 2.58. The van der Waals surface area contributed by atoms with Crippen molar-refractivity contribution >= 4 is 5.97 Å². The Morgan fingerprint density at radius 1 is 1.00 bits per heavy atom. The van der Waals surface area contributed by atoms with Gasteiger partial charge in [0.2, 0.25) is 0 Å². The lowest BCUT2D eigenvalue weighted by atomic mass is 10.2. The van der Waals surface area contributed by atoms with Gasteiger partial charge in [-0.25, -0.2) is 0 Å². The highest BCUT2D eigenvalue weighted by atomic mass is 16.5. The molecule has 2 rings (SSSR count). The van der Waals surface area contributed by atoms with Crippen LogP contribution in [0.2, 0.25) is 0 Å². The molecule has 4 heteroatoms. The second kappa shape index (κ2) is 8.08. The third kappa shape index (κ3) is 4.25. The van der Waals surface area contributed by atoms with Crippen molar-refractivity contribution < 1.29 is 19.0 Å². The monoisotopic (exact) mass is 300 g/mol. The smallest absolute Gasteiger partial charge is 0.305 e. The largest absolute Gasteiger partial charge is 0.493 e. The number of carbonyl (C=O) groups excluding carboxylic acids is 1. The van der Waals surface area contributed by atoms with Crippen molar-refractivity contribution in [2.45, 2.75) is 26.6 Å². The van der Waals surface area contributed by atoms with E-state index in [1.807, 2.05) is 48.5 Å². The Bertz CT molecular complexity index is 608. The summed E-state index contributed by atoms with van der Waals surface area (Å²) in [6.07, 6.45) is 0.351. The van der Waals surface area contributed by atoms with Crippen LogP contribution in [0.1, 0.15) is 24.5 Å². The zero-order valence-electron chi connectivity index (χ0n) is 12.9. The Kier molecular flexibility index (Phi) is 5.83. The zero-order valence-corrected chi connectivity index (χ0v) is 12.9. The van der Waals surface area contributed by atoms with Crippen LogP contribution in [0.5, 0.6) is 11.5 Å². The van der Waals surface area contributed by atoms with E-state index in [4.69, 9.17) is 14.2 Å². The van der Waals surface area contributed by atoms with Crippen LogP contribution in [0.3, 0.4) is 0 Å². The lowest BCUT2D eigenvalue weighted by Crippen LogP contribution is -2.06. The van der Waals surface area contributed by atoms with Crippen molar-refractivity contribution in [3.63, 3.8) is 0 Å². The number of rotatable bonds is 7. The molecule has 2 aromatic carbocycles. The summed E-state index contributed by atoms with van der Waals surface area (Å²) in [4.78, 5) is 11.3. The molecule has 0 saturated carbocycles. The van der Waals surface area contributed by atoms with Gasteiger partial charge in [-0.2, -0.15) is 0 Å². The van der Waals surface area contributed by atoms with E-state index in [1.54, 1.807) is 14.0 Å². The van der Waals surface area contributed by atoms with Crippen molar-refractivity contribution in [1.82, 2.24) is 0 Å². The quantitative estimate of drug-likeness (QED) is 0.731. The molecule has 0 radical (unpaired) electrons. The standard InChI is InChI=1S/C18H20O4/c1-3-17(19)21-13-15-10-7-11-16(20-2)18(15)22-12-14-8-5-4-6-9-14/h4-11H,3,12-13H2,1-2H3. The van der Waals surface area contributed by atoms with E-state index in [9.17, 15) is 4.79 Å². The summed E-state index contributed by atoms with van der Waals surface area (Å²) in [5, 5.41) is 0. The molecule has 22 heavy (non-hydrogen) atoms. The van der Waals surface area contributed by atoms with Crippen LogP contribution in [0.25, 0.3) is 0 Å². The molecule has 0 N–H and O–H groups in total. The van der Waals surface area contributed by atoms with Gasteiger partial charge in [-0.05, 0) is 11.6 Å². The molecule has 0 aliphatic carbocycles. The third-order valence-corrected chi connectivity index (χ3v) is 3.18. The van der Waals surface area contributed by atoms with Gasteiger partial charge in [-0.15, -0.1) is 0 Å². The number of hydrogen-bond acceptors (Lipinski definition) is 4. The van der Waals surface area contributed by atoms with Crippen molar-refractivity contribution in [1.29, 1.82) is 0 Å². The number of ether oxygens (including phenoxy) is 3. The summed E-state index contributed by atoms with van der Waals surface area (Å²) in [6, 6.07) is 15.4. The fourth-order valence-electron chi connectivity index (χ4n) is 1.99. The maximum Gasteiger partial charge on any atom is 0.305 e. The molecule has 0 aliphatic rings. The predicted octanol–water partition coefficient (Wildman–Crippen LogP) is 3.73. The van der Waals surface area contributed by atoms with Crippen LogP contribution >= 0.6 is 0 Å². The molecule has 0 aromatic heterocycles. The minimum Gasteiger partial charge on any atom is -0.493 e. The van der Waals surface area contributed by atoms with Crippen LogP contribution in [-0.2, 0) is 22.7 Å². The number of hydrogen-bond donors (Lipinski definition) is 0. The van der Waals surface area contributed by atoms with E-state index in [-0.39, 0.29) is 12.6 Å². The summed E-state index contributed by atoms with van der Waals surface area (Å²) >= 11 is 0. The van der Waals surface area contributed by atoms with Crippen molar-refractivity contribution in [2.24, 2.45) is 0 Å². The molecule has 0 unspecified atom stereocenters. The van der Waals surface area contributed by atoms with E-state index in [0.29, 0.717) is 24.5 Å². The van der Waals surface area contributed by atoms with E-state index in [2.05, 4.69) is 0 Å². The van der Waals surface area contributed by atoms with Crippen molar-refractivity contribution in [3.8, 4) is 11.5 Å². The number of carbonyl (C=O) groups is 1. The zero-order chi connectivity index (χ0) is 15.8. The summed E-state index contributed by atoms with van der Waals surface area (Å²) in [6.45, 7) is 2.37. The molecule has 2 aromatic rings. The van der Waals surface area contributed by atoms with Gasteiger partial charge in [0.1, 0.15) is 13.2 Å². The molecule has 116 valence electrons. The van der Waals surface area contributed by atoms with Crippen molar-refractivity contribution in [3.05, 3.63) is 59.7 Å². The first-order valence-corrected chi connectivity index (χ1v) is 7.22. The van der Waals surface area contributed by atoms with Crippen LogP contribution < -0.4 is 9.47 Å². The first kappa shape index (κ1) is 15.9. The lowest BCUT2D eigenvalue weighted by molar-refractivity contribution is -0.144. The maximum absolute atomic E-state index is 11.3. The second-order valence-corrected chi connectivity index (χ2v) is 4.74. The molecule has 0 atom stereocenters. The fourth-order valence-corrected chi connectivity index (χ4v) is 1.99. The summed E-state index contributed by atoms with van der Waals surface area (Å²) < 4.78 is 16.4. The number of para-hydroxylation sites is 1. The van der Waals surface area contributed by atoms with Crippen LogP contribution in [-0.4, -0.2) is 13.1 Å². The summed E-state index contributed by atoms with van der Waals surface area (Å²) in [5.41, 5.74) is 1.85. The highest BCUT2D eigenvalue weighted by Gasteiger charge is 2.12. The number of benzene rings is 2. The lowest BCUT2D eigenvalue weighted by Gasteiger charge is -2.15. The fraction of sp³-hybridized carbons (Fsp3) is 0.278. The van der Waals surface area contributed by atoms with Crippen LogP contribution in [0.4, 0.5) is 0 Å². The highest BCUT2D eigenvalue weighted by molar-refractivity contribution is 5.69. The molecule has 0 bridgehead atoms. The second-order valence-electron chi connectivity index (χ2n) is 4.74.